The Kier molecular flexibility index (Phi) is 13.6. The van der Waals surface area contributed by atoms with Crippen molar-refractivity contribution in [1.29, 1.82) is 0 Å². The second-order valence-corrected chi connectivity index (χ2v) is 5.36. The Morgan fingerprint density at radius 2 is 1.65 bits per heavy atom. The van der Waals surface area contributed by atoms with Crippen molar-refractivity contribution < 1.29 is 9.53 Å². The van der Waals surface area contributed by atoms with Gasteiger partial charge >= 0.3 is 5.97 Å². The van der Waals surface area contributed by atoms with Crippen molar-refractivity contribution in [2.75, 3.05) is 0 Å². The molecule has 0 spiro atoms. The molecule has 0 aromatic carbocycles. The Hall–Kier alpha value is -1.05. The van der Waals surface area contributed by atoms with E-state index in [1.807, 2.05) is 12.2 Å². The first-order valence-electron chi connectivity index (χ1n) is 8.15. The van der Waals surface area contributed by atoms with E-state index in [4.69, 9.17) is 4.74 Å². The van der Waals surface area contributed by atoms with Crippen LogP contribution in [0, 0.1) is 0 Å². The summed E-state index contributed by atoms with van der Waals surface area (Å²) in [5.41, 5.74) is 0. The van der Waals surface area contributed by atoms with Crippen molar-refractivity contribution in [1.82, 2.24) is 0 Å². The van der Waals surface area contributed by atoms with Crippen molar-refractivity contribution in [2.24, 2.45) is 0 Å². The van der Waals surface area contributed by atoms with Crippen molar-refractivity contribution in [3.05, 3.63) is 25.3 Å². The molecule has 20 heavy (non-hydrogen) atoms. The fraction of sp³-hybridized carbons (Fsp3) is 0.722. The SMILES string of the molecule is C=CCCCCC(=O)O[C@H](CCCC=C)CCCCC. The molecule has 0 bridgehead atoms. The fourth-order valence-corrected chi connectivity index (χ4v) is 2.18. The van der Waals surface area contributed by atoms with Crippen LogP contribution in [-0.4, -0.2) is 12.1 Å². The number of hydrogen-bond donors (Lipinski definition) is 0. The molecular formula is C18H32O2. The van der Waals surface area contributed by atoms with E-state index >= 15 is 0 Å². The highest BCUT2D eigenvalue weighted by atomic mass is 16.5. The number of hydrogen-bond acceptors (Lipinski definition) is 2. The minimum Gasteiger partial charge on any atom is -0.462 e. The first-order chi connectivity index (χ1) is 9.74. The van der Waals surface area contributed by atoms with Crippen molar-refractivity contribution >= 4 is 5.97 Å². The quantitative estimate of drug-likeness (QED) is 0.236. The van der Waals surface area contributed by atoms with Gasteiger partial charge in [-0.25, -0.2) is 0 Å². The third-order valence-electron chi connectivity index (χ3n) is 3.40. The van der Waals surface area contributed by atoms with Gasteiger partial charge in [0.05, 0.1) is 0 Å². The predicted octanol–water partition coefficient (Wildman–Crippen LogP) is 5.58. The summed E-state index contributed by atoms with van der Waals surface area (Å²) in [6.07, 6.45) is 15.0. The van der Waals surface area contributed by atoms with Crippen molar-refractivity contribution in [2.45, 2.75) is 83.7 Å². The molecule has 1 atom stereocenters. The molecular weight excluding hydrogens is 248 g/mol. The van der Waals surface area contributed by atoms with Crippen LogP contribution in [-0.2, 0) is 9.53 Å². The Morgan fingerprint density at radius 1 is 1.00 bits per heavy atom. The van der Waals surface area contributed by atoms with Gasteiger partial charge in [-0.05, 0) is 51.4 Å². The van der Waals surface area contributed by atoms with Gasteiger partial charge in [0.2, 0.25) is 0 Å². The standard InChI is InChI=1S/C18H32O2/c1-4-7-10-13-16-18(19)20-17(14-11-8-5-2)15-12-9-6-3/h4-5,17H,1-2,6-16H2,3H3/t17-/m1/s1. The van der Waals surface area contributed by atoms with Crippen molar-refractivity contribution in [3.8, 4) is 0 Å². The largest absolute Gasteiger partial charge is 0.462 e. The third-order valence-corrected chi connectivity index (χ3v) is 3.40. The van der Waals surface area contributed by atoms with Gasteiger partial charge in [-0.1, -0.05) is 31.9 Å². The molecule has 0 radical (unpaired) electrons. The van der Waals surface area contributed by atoms with Crippen LogP contribution in [0.5, 0.6) is 0 Å². The number of esters is 1. The summed E-state index contributed by atoms with van der Waals surface area (Å²) in [6.45, 7) is 9.61. The number of ether oxygens (including phenoxy) is 1. The van der Waals surface area contributed by atoms with Crippen molar-refractivity contribution in [3.63, 3.8) is 0 Å². The van der Waals surface area contributed by atoms with Crippen LogP contribution in [0.2, 0.25) is 0 Å². The second kappa shape index (κ2) is 14.4. The summed E-state index contributed by atoms with van der Waals surface area (Å²) < 4.78 is 5.62. The summed E-state index contributed by atoms with van der Waals surface area (Å²) in [7, 11) is 0. The number of carbonyl (C=O) groups is 1. The molecule has 0 aliphatic carbocycles. The van der Waals surface area contributed by atoms with E-state index in [1.165, 1.54) is 12.8 Å². The number of allylic oxidation sites excluding steroid dienone is 2. The summed E-state index contributed by atoms with van der Waals surface area (Å²) in [5.74, 6) is -0.0332. The first kappa shape index (κ1) is 18.9. The molecule has 0 aromatic rings. The lowest BCUT2D eigenvalue weighted by Gasteiger charge is -2.17. The average Bonchev–Trinajstić information content (AvgIpc) is 2.44. The molecule has 0 heterocycles. The maximum absolute atomic E-state index is 11.8. The molecule has 0 aliphatic rings. The third kappa shape index (κ3) is 12.0. The van der Waals surface area contributed by atoms with Gasteiger partial charge in [0.15, 0.2) is 0 Å². The molecule has 116 valence electrons. The average molecular weight is 280 g/mol. The van der Waals surface area contributed by atoms with Crippen LogP contribution in [0.25, 0.3) is 0 Å². The lowest BCUT2D eigenvalue weighted by atomic mass is 10.0. The van der Waals surface area contributed by atoms with E-state index in [0.717, 1.165) is 51.4 Å². The van der Waals surface area contributed by atoms with E-state index in [1.54, 1.807) is 0 Å². The van der Waals surface area contributed by atoms with Gasteiger partial charge in [-0.2, -0.15) is 0 Å². The number of unbranched alkanes of at least 4 members (excludes halogenated alkanes) is 5. The molecule has 0 amide bonds. The molecule has 0 saturated heterocycles. The van der Waals surface area contributed by atoms with Crippen LogP contribution < -0.4 is 0 Å². The van der Waals surface area contributed by atoms with E-state index in [-0.39, 0.29) is 12.1 Å². The van der Waals surface area contributed by atoms with Gasteiger partial charge < -0.3 is 4.74 Å². The molecule has 0 N–H and O–H groups in total. The zero-order chi connectivity index (χ0) is 15.1. The zero-order valence-electron chi connectivity index (χ0n) is 13.2. The molecule has 2 heteroatoms. The van der Waals surface area contributed by atoms with E-state index in [2.05, 4.69) is 20.1 Å². The summed E-state index contributed by atoms with van der Waals surface area (Å²) in [6, 6.07) is 0. The van der Waals surface area contributed by atoms with Crippen LogP contribution in [0.4, 0.5) is 0 Å². The smallest absolute Gasteiger partial charge is 0.306 e. The highest BCUT2D eigenvalue weighted by Crippen LogP contribution is 2.15. The minimum absolute atomic E-state index is 0.0332. The molecule has 2 nitrogen and oxygen atoms in total. The van der Waals surface area contributed by atoms with Crippen LogP contribution in [0.1, 0.15) is 77.6 Å². The normalized spacial score (nSPS) is 11.8. The Bertz CT molecular complexity index is 258. The summed E-state index contributed by atoms with van der Waals surface area (Å²) >= 11 is 0. The molecule has 0 fully saturated rings. The fourth-order valence-electron chi connectivity index (χ4n) is 2.18. The molecule has 0 rings (SSSR count). The minimum atomic E-state index is -0.0332. The van der Waals surface area contributed by atoms with Crippen LogP contribution in [0.15, 0.2) is 25.3 Å². The predicted molar refractivity (Wildman–Crippen MR) is 86.7 cm³/mol. The Labute approximate surface area is 125 Å². The molecule has 0 saturated carbocycles. The van der Waals surface area contributed by atoms with Gasteiger partial charge in [0.25, 0.3) is 0 Å². The van der Waals surface area contributed by atoms with E-state index in [0.29, 0.717) is 6.42 Å². The Morgan fingerprint density at radius 3 is 2.30 bits per heavy atom. The van der Waals surface area contributed by atoms with Gasteiger partial charge in [0, 0.05) is 6.42 Å². The highest BCUT2D eigenvalue weighted by molar-refractivity contribution is 5.69. The molecule has 0 unspecified atom stereocenters. The zero-order valence-corrected chi connectivity index (χ0v) is 13.2. The van der Waals surface area contributed by atoms with E-state index in [9.17, 15) is 4.79 Å². The van der Waals surface area contributed by atoms with Gasteiger partial charge in [-0.15, -0.1) is 13.2 Å². The van der Waals surface area contributed by atoms with Crippen LogP contribution >= 0.6 is 0 Å². The number of rotatable bonds is 14. The number of carbonyl (C=O) groups excluding carboxylic acids is 1. The second-order valence-electron chi connectivity index (χ2n) is 5.36. The van der Waals surface area contributed by atoms with Gasteiger partial charge in [0.1, 0.15) is 6.10 Å². The van der Waals surface area contributed by atoms with Crippen LogP contribution in [0.3, 0.4) is 0 Å². The molecule has 0 aromatic heterocycles. The lowest BCUT2D eigenvalue weighted by molar-refractivity contribution is -0.150. The monoisotopic (exact) mass is 280 g/mol. The highest BCUT2D eigenvalue weighted by Gasteiger charge is 2.13. The summed E-state index contributed by atoms with van der Waals surface area (Å²) in [4.78, 5) is 11.8. The maximum atomic E-state index is 11.8. The lowest BCUT2D eigenvalue weighted by Crippen LogP contribution is -2.18. The maximum Gasteiger partial charge on any atom is 0.306 e. The summed E-state index contributed by atoms with van der Waals surface area (Å²) in [5, 5.41) is 0. The Balaban J connectivity index is 3.93. The topological polar surface area (TPSA) is 26.3 Å². The molecule has 0 aliphatic heterocycles. The van der Waals surface area contributed by atoms with E-state index < -0.39 is 0 Å². The first-order valence-corrected chi connectivity index (χ1v) is 8.15. The van der Waals surface area contributed by atoms with Gasteiger partial charge in [-0.3, -0.25) is 4.79 Å².